The summed E-state index contributed by atoms with van der Waals surface area (Å²) in [5.74, 6) is 0.919. The summed E-state index contributed by atoms with van der Waals surface area (Å²) < 4.78 is 15.8. The van der Waals surface area contributed by atoms with Crippen molar-refractivity contribution in [2.24, 2.45) is 0 Å². The molecule has 0 amide bonds. The second-order valence-electron chi connectivity index (χ2n) is 3.35. The van der Waals surface area contributed by atoms with E-state index in [4.69, 9.17) is 19.9 Å². The number of rotatable bonds is 3. The van der Waals surface area contributed by atoms with Gasteiger partial charge in [0.1, 0.15) is 6.10 Å². The number of nitrogens with zero attached hydrogens (tertiary/aromatic N) is 1. The van der Waals surface area contributed by atoms with E-state index in [0.29, 0.717) is 24.1 Å². The summed E-state index contributed by atoms with van der Waals surface area (Å²) >= 11 is 0. The largest absolute Gasteiger partial charge is 0.481 e. The SMILES string of the molecule is COc1ccc(N)c(OC2CCOC2)n1. The lowest BCUT2D eigenvalue weighted by molar-refractivity contribution is 0.138. The van der Waals surface area contributed by atoms with Crippen molar-refractivity contribution in [3.05, 3.63) is 12.1 Å². The fraction of sp³-hybridized carbons (Fsp3) is 0.500. The molecule has 1 atom stereocenters. The van der Waals surface area contributed by atoms with Crippen LogP contribution < -0.4 is 15.2 Å². The van der Waals surface area contributed by atoms with E-state index in [1.165, 1.54) is 0 Å². The number of methoxy groups -OCH3 is 1. The summed E-state index contributed by atoms with van der Waals surface area (Å²) in [6, 6.07) is 3.42. The van der Waals surface area contributed by atoms with Gasteiger partial charge in [-0.3, -0.25) is 0 Å². The number of ether oxygens (including phenoxy) is 3. The monoisotopic (exact) mass is 210 g/mol. The number of nitrogen functional groups attached to an aromatic ring is 1. The maximum atomic E-state index is 5.74. The molecule has 1 fully saturated rings. The Morgan fingerprint density at radius 1 is 1.53 bits per heavy atom. The zero-order valence-electron chi connectivity index (χ0n) is 8.60. The van der Waals surface area contributed by atoms with Crippen LogP contribution in [0.1, 0.15) is 6.42 Å². The topological polar surface area (TPSA) is 66.6 Å². The Kier molecular flexibility index (Phi) is 2.91. The average Bonchev–Trinajstić information content (AvgIpc) is 2.74. The van der Waals surface area contributed by atoms with E-state index < -0.39 is 0 Å². The van der Waals surface area contributed by atoms with Crippen molar-refractivity contribution in [2.75, 3.05) is 26.1 Å². The molecule has 0 radical (unpaired) electrons. The molecule has 0 aromatic carbocycles. The normalized spacial score (nSPS) is 20.2. The third kappa shape index (κ3) is 2.30. The van der Waals surface area contributed by atoms with Crippen LogP contribution in [0.15, 0.2) is 12.1 Å². The molecule has 1 saturated heterocycles. The molecule has 1 aliphatic heterocycles. The molecule has 1 aliphatic rings. The Bertz CT molecular complexity index is 337. The van der Waals surface area contributed by atoms with Gasteiger partial charge in [-0.2, -0.15) is 4.98 Å². The lowest BCUT2D eigenvalue weighted by Gasteiger charge is -2.13. The highest BCUT2D eigenvalue weighted by Gasteiger charge is 2.19. The molecule has 5 nitrogen and oxygen atoms in total. The quantitative estimate of drug-likeness (QED) is 0.800. The van der Waals surface area contributed by atoms with Crippen molar-refractivity contribution in [3.8, 4) is 11.8 Å². The van der Waals surface area contributed by atoms with Gasteiger partial charge in [0.2, 0.25) is 11.8 Å². The molecule has 0 saturated carbocycles. The molecule has 2 N–H and O–H groups in total. The van der Waals surface area contributed by atoms with Gasteiger partial charge in [-0.15, -0.1) is 0 Å². The number of hydrogen-bond donors (Lipinski definition) is 1. The zero-order chi connectivity index (χ0) is 10.7. The van der Waals surface area contributed by atoms with Crippen molar-refractivity contribution >= 4 is 5.69 Å². The van der Waals surface area contributed by atoms with E-state index >= 15 is 0 Å². The molecular weight excluding hydrogens is 196 g/mol. The Morgan fingerprint density at radius 2 is 2.40 bits per heavy atom. The van der Waals surface area contributed by atoms with Gasteiger partial charge in [0.15, 0.2) is 0 Å². The van der Waals surface area contributed by atoms with Crippen LogP contribution in [-0.2, 0) is 4.74 Å². The molecule has 0 aliphatic carbocycles. The van der Waals surface area contributed by atoms with Crippen molar-refractivity contribution in [1.82, 2.24) is 4.98 Å². The summed E-state index contributed by atoms with van der Waals surface area (Å²) in [5.41, 5.74) is 6.25. The highest BCUT2D eigenvalue weighted by molar-refractivity contribution is 5.49. The second-order valence-corrected chi connectivity index (χ2v) is 3.35. The van der Waals surface area contributed by atoms with Gasteiger partial charge in [-0.05, 0) is 6.07 Å². The summed E-state index contributed by atoms with van der Waals surface area (Å²) in [6.45, 7) is 1.33. The minimum atomic E-state index is 0.0481. The van der Waals surface area contributed by atoms with Crippen LogP contribution in [-0.4, -0.2) is 31.4 Å². The minimum absolute atomic E-state index is 0.0481. The second kappa shape index (κ2) is 4.35. The highest BCUT2D eigenvalue weighted by Crippen LogP contribution is 2.24. The number of anilines is 1. The third-order valence-corrected chi connectivity index (χ3v) is 2.24. The van der Waals surface area contributed by atoms with Gasteiger partial charge in [0, 0.05) is 12.5 Å². The Morgan fingerprint density at radius 3 is 3.07 bits per heavy atom. The molecule has 1 aromatic rings. The first-order valence-corrected chi connectivity index (χ1v) is 4.84. The lowest BCUT2D eigenvalue weighted by Crippen LogP contribution is -2.17. The van der Waals surface area contributed by atoms with Crippen LogP contribution in [0.5, 0.6) is 11.8 Å². The average molecular weight is 210 g/mol. The molecule has 0 bridgehead atoms. The van der Waals surface area contributed by atoms with Gasteiger partial charge in [0.25, 0.3) is 0 Å². The van der Waals surface area contributed by atoms with Gasteiger partial charge >= 0.3 is 0 Å². The molecular formula is C10H14N2O3. The fourth-order valence-electron chi connectivity index (χ4n) is 1.41. The Hall–Kier alpha value is -1.49. The molecule has 2 heterocycles. The number of nitrogens with two attached hydrogens (primary N) is 1. The first-order chi connectivity index (χ1) is 7.29. The van der Waals surface area contributed by atoms with Crippen LogP contribution in [0.25, 0.3) is 0 Å². The van der Waals surface area contributed by atoms with Gasteiger partial charge in [-0.25, -0.2) is 0 Å². The molecule has 2 rings (SSSR count). The van der Waals surface area contributed by atoms with E-state index in [0.717, 1.165) is 13.0 Å². The minimum Gasteiger partial charge on any atom is -0.481 e. The van der Waals surface area contributed by atoms with Crippen molar-refractivity contribution < 1.29 is 14.2 Å². The predicted octanol–water partition coefficient (Wildman–Crippen LogP) is 0.840. The standard InChI is InChI=1S/C10H14N2O3/c1-13-9-3-2-8(11)10(12-9)15-7-4-5-14-6-7/h2-3,7H,4-6,11H2,1H3. The van der Waals surface area contributed by atoms with Gasteiger partial charge in [-0.1, -0.05) is 0 Å². The third-order valence-electron chi connectivity index (χ3n) is 2.24. The van der Waals surface area contributed by atoms with Crippen molar-refractivity contribution in [3.63, 3.8) is 0 Å². The summed E-state index contributed by atoms with van der Waals surface area (Å²) in [6.07, 6.45) is 0.921. The van der Waals surface area contributed by atoms with Crippen LogP contribution in [0, 0.1) is 0 Å². The number of aromatic nitrogens is 1. The Balaban J connectivity index is 2.11. The Labute approximate surface area is 88.2 Å². The molecule has 1 aromatic heterocycles. The summed E-state index contributed by atoms with van der Waals surface area (Å²) in [7, 11) is 1.56. The molecule has 82 valence electrons. The van der Waals surface area contributed by atoms with Crippen LogP contribution in [0.4, 0.5) is 5.69 Å². The van der Waals surface area contributed by atoms with Crippen molar-refractivity contribution in [2.45, 2.75) is 12.5 Å². The predicted molar refractivity (Wildman–Crippen MR) is 55.1 cm³/mol. The van der Waals surface area contributed by atoms with Crippen LogP contribution in [0.2, 0.25) is 0 Å². The zero-order valence-corrected chi connectivity index (χ0v) is 8.60. The van der Waals surface area contributed by atoms with Crippen LogP contribution >= 0.6 is 0 Å². The summed E-state index contributed by atoms with van der Waals surface area (Å²) in [4.78, 5) is 4.13. The van der Waals surface area contributed by atoms with E-state index in [9.17, 15) is 0 Å². The van der Waals surface area contributed by atoms with E-state index in [1.807, 2.05) is 0 Å². The first-order valence-electron chi connectivity index (χ1n) is 4.84. The van der Waals surface area contributed by atoms with Gasteiger partial charge < -0.3 is 19.9 Å². The van der Waals surface area contributed by atoms with Crippen molar-refractivity contribution in [1.29, 1.82) is 0 Å². The highest BCUT2D eigenvalue weighted by atomic mass is 16.6. The molecule has 0 spiro atoms. The first kappa shape index (κ1) is 10.0. The van der Waals surface area contributed by atoms with E-state index in [-0.39, 0.29) is 6.10 Å². The fourth-order valence-corrected chi connectivity index (χ4v) is 1.41. The molecule has 1 unspecified atom stereocenters. The lowest BCUT2D eigenvalue weighted by atomic mass is 10.3. The van der Waals surface area contributed by atoms with Crippen LogP contribution in [0.3, 0.4) is 0 Å². The number of hydrogen-bond acceptors (Lipinski definition) is 5. The molecule has 15 heavy (non-hydrogen) atoms. The van der Waals surface area contributed by atoms with E-state index in [1.54, 1.807) is 19.2 Å². The smallest absolute Gasteiger partial charge is 0.240 e. The summed E-state index contributed by atoms with van der Waals surface area (Å²) in [5, 5.41) is 0. The van der Waals surface area contributed by atoms with Gasteiger partial charge in [0.05, 0.1) is 26.0 Å². The number of pyridine rings is 1. The molecule has 5 heteroatoms. The maximum absolute atomic E-state index is 5.74. The van der Waals surface area contributed by atoms with E-state index in [2.05, 4.69) is 4.98 Å². The maximum Gasteiger partial charge on any atom is 0.240 e.